The Balaban J connectivity index is 0.828. The van der Waals surface area contributed by atoms with Gasteiger partial charge in [-0.1, -0.05) is 70.4 Å². The molecule has 690 valence electrons. The van der Waals surface area contributed by atoms with Gasteiger partial charge in [-0.15, -0.1) is 13.2 Å². The van der Waals surface area contributed by atoms with Crippen LogP contribution >= 0.6 is 0 Å². The molecule has 0 amide bonds. The zero-order chi connectivity index (χ0) is 89.1. The van der Waals surface area contributed by atoms with Crippen LogP contribution in [-0.4, -0.2) is 390 Å². The van der Waals surface area contributed by atoms with Gasteiger partial charge in [0.25, 0.3) is 0 Å². The van der Waals surface area contributed by atoms with Gasteiger partial charge in [0.15, 0.2) is 50.1 Å². The van der Waals surface area contributed by atoms with Crippen molar-refractivity contribution in [2.75, 3.05) is 39.6 Å². The quantitative estimate of drug-likeness (QED) is 0.0161. The molecule has 7 fully saturated rings. The average Bonchev–Trinajstić information content (AvgIpc) is 0.786. The van der Waals surface area contributed by atoms with Gasteiger partial charge < -0.3 is 183 Å². The molecule has 0 bridgehead atoms. The fourth-order valence-electron chi connectivity index (χ4n) is 14.8. The minimum Gasteiger partial charge on any atom is -0.453 e. The lowest BCUT2D eigenvalue weighted by Gasteiger charge is -2.47. The molecule has 7 aliphatic rings. The molecule has 7 saturated heterocycles. The highest BCUT2D eigenvalue weighted by atomic mass is 16.8. The van der Waals surface area contributed by atoms with Crippen molar-refractivity contribution in [3.63, 3.8) is 0 Å². The highest BCUT2D eigenvalue weighted by Crippen LogP contribution is 2.38. The lowest BCUT2D eigenvalue weighted by molar-refractivity contribution is -0.375. The minimum absolute atomic E-state index is 0.0137. The minimum atomic E-state index is -1.95. The molecule has 0 aromatic carbocycles. The van der Waals surface area contributed by atoms with Crippen LogP contribution in [0.15, 0.2) is 95.2 Å². The van der Waals surface area contributed by atoms with E-state index in [0.717, 1.165) is 40.7 Å². The van der Waals surface area contributed by atoms with Gasteiger partial charge in [0, 0.05) is 5.57 Å². The molecule has 38 atom stereocenters. The number of carbonyl (C=O) groups is 1. The van der Waals surface area contributed by atoms with E-state index in [4.69, 9.17) is 71.1 Å². The van der Waals surface area contributed by atoms with Crippen molar-refractivity contribution in [2.45, 2.75) is 372 Å². The summed E-state index contributed by atoms with van der Waals surface area (Å²) >= 11 is 0. The Labute approximate surface area is 698 Å². The molecular weight excluding hydrogens is 1590 g/mol. The summed E-state index contributed by atoms with van der Waals surface area (Å²) < 4.78 is 87.6. The van der Waals surface area contributed by atoms with Crippen LogP contribution in [0, 0.1) is 0 Å². The zero-order valence-electron chi connectivity index (χ0n) is 69.7. The second kappa shape index (κ2) is 47.7. The Morgan fingerprint density at radius 1 is 0.375 bits per heavy atom. The van der Waals surface area contributed by atoms with E-state index in [1.54, 1.807) is 20.8 Å². The van der Waals surface area contributed by atoms with Crippen molar-refractivity contribution in [3.05, 3.63) is 95.2 Å². The van der Waals surface area contributed by atoms with Crippen LogP contribution in [0.2, 0.25) is 0 Å². The van der Waals surface area contributed by atoms with Gasteiger partial charge in [0.05, 0.1) is 69.2 Å². The predicted octanol–water partition coefficient (Wildman–Crippen LogP) is -3.44. The maximum atomic E-state index is 13.5. The molecule has 120 heavy (non-hydrogen) atoms. The van der Waals surface area contributed by atoms with E-state index in [2.05, 4.69) is 19.2 Å². The van der Waals surface area contributed by atoms with Crippen molar-refractivity contribution < 1.29 is 188 Å². The predicted molar refractivity (Wildman–Crippen MR) is 418 cm³/mol. The van der Waals surface area contributed by atoms with Crippen molar-refractivity contribution in [1.29, 1.82) is 0 Å². The first kappa shape index (κ1) is 103. The SMILES string of the molecule is C=CC(C)(CCC=C(C)CCC=C(C)CCC=C(C)COC1OC(C)C(O)C(OC2OC(COC3OC(C)C(O)C(OC(=O)C(C)=CC(O)CC(C)=CCCC(C)=CCCC(C)(C=C)OC4OC(CO)C(O)C(O)C4OC4OC(CO)C(O)C(O)C4O)C3O)C(O)C(O)C2O)C1O)OC1OC(CO)C(O)C(O)C1OC1OC(CO)C(O)C(O)C1O. The molecule has 38 nitrogen and oxygen atoms in total. The molecule has 7 rings (SSSR count). The van der Waals surface area contributed by atoms with Crippen LogP contribution in [0.1, 0.15) is 140 Å². The third-order valence-corrected chi connectivity index (χ3v) is 22.9. The van der Waals surface area contributed by atoms with E-state index >= 15 is 0 Å². The number of ether oxygens (including phenoxy) is 15. The Kier molecular flexibility index (Phi) is 40.9. The van der Waals surface area contributed by atoms with Crippen LogP contribution in [0.5, 0.6) is 0 Å². The van der Waals surface area contributed by atoms with Gasteiger partial charge in [-0.05, 0) is 146 Å². The lowest BCUT2D eigenvalue weighted by Crippen LogP contribution is -2.65. The molecule has 0 saturated carbocycles. The Morgan fingerprint density at radius 3 is 1.12 bits per heavy atom. The van der Waals surface area contributed by atoms with E-state index < -0.39 is 271 Å². The molecule has 38 heteroatoms. The highest BCUT2D eigenvalue weighted by Gasteiger charge is 2.57. The van der Waals surface area contributed by atoms with Crippen molar-refractivity contribution >= 4 is 5.97 Å². The van der Waals surface area contributed by atoms with Gasteiger partial charge in [-0.2, -0.15) is 0 Å². The smallest absolute Gasteiger partial charge is 0.333 e. The normalized spacial score (nSPS) is 41.1. The Bertz CT molecular complexity index is 3340. The molecule has 7 aliphatic heterocycles. The number of aliphatic hydroxyl groups excluding tert-OH is 22. The molecule has 7 heterocycles. The number of allylic oxidation sites excluding steroid dienone is 8. The molecular formula is C82H134O38. The summed E-state index contributed by atoms with van der Waals surface area (Å²) in [5.74, 6) is -1.01. The first-order valence-electron chi connectivity index (χ1n) is 40.9. The number of aliphatic hydroxyl groups is 22. The fraction of sp³-hybridized carbons (Fsp3) is 0.793. The van der Waals surface area contributed by atoms with Gasteiger partial charge in [-0.3, -0.25) is 0 Å². The topological polar surface area (TPSA) is 601 Å². The van der Waals surface area contributed by atoms with E-state index in [9.17, 15) is 117 Å². The molecule has 38 unspecified atom stereocenters. The third-order valence-electron chi connectivity index (χ3n) is 22.9. The van der Waals surface area contributed by atoms with Gasteiger partial charge in [0.1, 0.15) is 153 Å². The summed E-state index contributed by atoms with van der Waals surface area (Å²) in [6, 6.07) is 0. The van der Waals surface area contributed by atoms with Crippen molar-refractivity contribution in [1.82, 2.24) is 0 Å². The molecule has 22 N–H and O–H groups in total. The lowest BCUT2D eigenvalue weighted by atomic mass is 9.95. The van der Waals surface area contributed by atoms with E-state index in [1.165, 1.54) is 39.0 Å². The Morgan fingerprint density at radius 2 is 0.708 bits per heavy atom. The van der Waals surface area contributed by atoms with E-state index in [-0.39, 0.29) is 18.6 Å². The summed E-state index contributed by atoms with van der Waals surface area (Å²) in [5, 5.41) is 235. The molecule has 0 spiro atoms. The number of rotatable bonds is 42. The summed E-state index contributed by atoms with van der Waals surface area (Å²) in [5.41, 5.74) is 2.36. The average molecular weight is 1730 g/mol. The van der Waals surface area contributed by atoms with Crippen LogP contribution in [-0.2, 0) is 75.8 Å². The standard InChI is InChI=1S/C82H134O38/c1-13-81(11,119-79-71(62(98)56(92)49(34-85)112-79)117-76-64(100)59(95)54(90)47(32-83)110-76)28-18-26-39(4)21-15-20-38(3)23-17-25-42(7)36-106-74-68(104)70(53(89)45(10)108-74)116-78-66(102)61(97)58(94)51(114-78)37-107-75-67(103)69(52(88)44(9)109-75)115-73(105)43(8)31-46(87)30-41(6)24-16-22-40(5)27-19-29-82(12,14-2)120-80-72(63(99)57(93)50(35-86)113-80)118-77-65(101)60(96)55(91)48(33-84)111-77/h13-14,20,24-27,31,44-72,74-80,83-104H,1-2,15-19,21-23,28-30,32-37H2,3-12H3. The number of hydrogen-bond donors (Lipinski definition) is 22. The maximum Gasteiger partial charge on any atom is 0.333 e. The van der Waals surface area contributed by atoms with Crippen molar-refractivity contribution in [3.8, 4) is 0 Å². The zero-order valence-corrected chi connectivity index (χ0v) is 69.7. The second-order valence-electron chi connectivity index (χ2n) is 32.9. The van der Waals surface area contributed by atoms with Crippen LogP contribution < -0.4 is 0 Å². The largest absolute Gasteiger partial charge is 0.453 e. The monoisotopic (exact) mass is 1730 g/mol. The van der Waals surface area contributed by atoms with Crippen LogP contribution in [0.3, 0.4) is 0 Å². The maximum absolute atomic E-state index is 13.5. The third kappa shape index (κ3) is 27.5. The summed E-state index contributed by atoms with van der Waals surface area (Å²) in [7, 11) is 0. The van der Waals surface area contributed by atoms with E-state index in [0.29, 0.717) is 51.4 Å². The molecule has 0 radical (unpaired) electrons. The van der Waals surface area contributed by atoms with Crippen LogP contribution in [0.4, 0.5) is 0 Å². The highest BCUT2D eigenvalue weighted by molar-refractivity contribution is 5.88. The summed E-state index contributed by atoms with van der Waals surface area (Å²) in [4.78, 5) is 13.5. The molecule has 0 aromatic rings. The fourth-order valence-corrected chi connectivity index (χ4v) is 14.8. The number of carbonyl (C=O) groups excluding carboxylic acids is 1. The first-order valence-corrected chi connectivity index (χ1v) is 40.9. The van der Waals surface area contributed by atoms with Gasteiger partial charge >= 0.3 is 5.97 Å². The van der Waals surface area contributed by atoms with Gasteiger partial charge in [0.2, 0.25) is 0 Å². The first-order chi connectivity index (χ1) is 56.6. The molecule has 0 aliphatic carbocycles. The second-order valence-corrected chi connectivity index (χ2v) is 32.9. The van der Waals surface area contributed by atoms with Crippen molar-refractivity contribution in [2.24, 2.45) is 0 Å². The van der Waals surface area contributed by atoms with Gasteiger partial charge in [-0.25, -0.2) is 4.79 Å². The van der Waals surface area contributed by atoms with E-state index in [1.807, 2.05) is 52.0 Å². The Hall–Kier alpha value is -4.05. The summed E-state index contributed by atoms with van der Waals surface area (Å²) in [6.07, 6.45) is -37.7. The number of hydrogen-bond acceptors (Lipinski definition) is 38. The number of esters is 1. The van der Waals surface area contributed by atoms with Crippen LogP contribution in [0.25, 0.3) is 0 Å². The molecule has 0 aromatic heterocycles. The summed E-state index contributed by atoms with van der Waals surface area (Å²) in [6.45, 7) is 21.4.